The molecule has 2 atom stereocenters. The van der Waals surface area contributed by atoms with Crippen molar-refractivity contribution in [3.8, 4) is 11.4 Å². The smallest absolute Gasteiger partial charge is 0.252 e. The molecule has 1 amide bonds. The van der Waals surface area contributed by atoms with Gasteiger partial charge in [0, 0.05) is 11.1 Å². The second-order valence-electron chi connectivity index (χ2n) is 6.67. The van der Waals surface area contributed by atoms with Crippen molar-refractivity contribution in [1.29, 1.82) is 0 Å². The zero-order chi connectivity index (χ0) is 19.4. The Balaban J connectivity index is 1.85. The molecular formula is C21H22FN3O2. The summed E-state index contributed by atoms with van der Waals surface area (Å²) < 4.78 is 18.9. The number of rotatable bonds is 6. The third kappa shape index (κ3) is 4.39. The molecule has 1 N–H and O–H groups in total. The summed E-state index contributed by atoms with van der Waals surface area (Å²) >= 11 is 0. The first-order valence-electron chi connectivity index (χ1n) is 8.95. The molecular weight excluding hydrogens is 345 g/mol. The maximum absolute atomic E-state index is 13.4. The molecule has 0 bridgehead atoms. The summed E-state index contributed by atoms with van der Waals surface area (Å²) in [6, 6.07) is 12.9. The molecule has 1 heterocycles. The molecule has 0 fully saturated rings. The summed E-state index contributed by atoms with van der Waals surface area (Å²) in [4.78, 5) is 17.0. The van der Waals surface area contributed by atoms with Crippen LogP contribution in [0.2, 0.25) is 0 Å². The van der Waals surface area contributed by atoms with Crippen molar-refractivity contribution in [3.63, 3.8) is 0 Å². The third-order valence-electron chi connectivity index (χ3n) is 4.60. The standard InChI is InChI=1S/C21H22FN3O2/c1-4-14(3)18(23-20(26)16-6-5-7-17(22)12-16)21-24-19(25-27-21)15-10-8-13(2)9-11-15/h5-12,14,18H,4H2,1-3H3,(H,23,26)/t14-,18+/m1/s1. The van der Waals surface area contributed by atoms with Gasteiger partial charge in [-0.25, -0.2) is 4.39 Å². The molecule has 5 nitrogen and oxygen atoms in total. The fraction of sp³-hybridized carbons (Fsp3) is 0.286. The Hall–Kier alpha value is -3.02. The van der Waals surface area contributed by atoms with Gasteiger partial charge in [-0.3, -0.25) is 4.79 Å². The zero-order valence-corrected chi connectivity index (χ0v) is 15.6. The van der Waals surface area contributed by atoms with Crippen LogP contribution in [0.1, 0.15) is 48.1 Å². The summed E-state index contributed by atoms with van der Waals surface area (Å²) in [7, 11) is 0. The lowest BCUT2D eigenvalue weighted by molar-refractivity contribution is 0.0909. The summed E-state index contributed by atoms with van der Waals surface area (Å²) in [6.45, 7) is 6.02. The Morgan fingerprint density at radius 2 is 1.96 bits per heavy atom. The highest BCUT2D eigenvalue weighted by Crippen LogP contribution is 2.26. The van der Waals surface area contributed by atoms with Crippen LogP contribution in [0.5, 0.6) is 0 Å². The molecule has 140 valence electrons. The zero-order valence-electron chi connectivity index (χ0n) is 15.6. The van der Waals surface area contributed by atoms with E-state index in [2.05, 4.69) is 15.5 Å². The van der Waals surface area contributed by atoms with Crippen molar-refractivity contribution in [2.75, 3.05) is 0 Å². The minimum Gasteiger partial charge on any atom is -0.340 e. The first kappa shape index (κ1) is 18.8. The molecule has 0 aliphatic rings. The Morgan fingerprint density at radius 3 is 2.63 bits per heavy atom. The van der Waals surface area contributed by atoms with Crippen LogP contribution >= 0.6 is 0 Å². The average Bonchev–Trinajstić information content (AvgIpc) is 3.15. The molecule has 0 spiro atoms. The number of nitrogens with one attached hydrogen (secondary N) is 1. The number of halogens is 1. The molecule has 0 saturated carbocycles. The van der Waals surface area contributed by atoms with Crippen LogP contribution in [0.4, 0.5) is 4.39 Å². The van der Waals surface area contributed by atoms with Gasteiger partial charge in [-0.1, -0.05) is 61.3 Å². The van der Waals surface area contributed by atoms with Crippen molar-refractivity contribution in [2.45, 2.75) is 33.2 Å². The van der Waals surface area contributed by atoms with E-state index in [9.17, 15) is 9.18 Å². The first-order chi connectivity index (χ1) is 13.0. The number of aryl methyl sites for hydroxylation is 1. The van der Waals surface area contributed by atoms with E-state index in [1.807, 2.05) is 45.0 Å². The number of amides is 1. The highest BCUT2D eigenvalue weighted by molar-refractivity contribution is 5.94. The fourth-order valence-electron chi connectivity index (χ4n) is 2.72. The molecule has 2 aromatic carbocycles. The highest BCUT2D eigenvalue weighted by atomic mass is 19.1. The molecule has 27 heavy (non-hydrogen) atoms. The number of benzene rings is 2. The molecule has 0 radical (unpaired) electrons. The molecule has 6 heteroatoms. The monoisotopic (exact) mass is 367 g/mol. The maximum atomic E-state index is 13.4. The van der Waals surface area contributed by atoms with Crippen LogP contribution in [-0.2, 0) is 0 Å². The highest BCUT2D eigenvalue weighted by Gasteiger charge is 2.27. The quantitative estimate of drug-likeness (QED) is 0.686. The Kier molecular flexibility index (Phi) is 5.64. The number of carbonyl (C=O) groups is 1. The van der Waals surface area contributed by atoms with E-state index in [1.54, 1.807) is 6.07 Å². The Bertz CT molecular complexity index is 921. The lowest BCUT2D eigenvalue weighted by atomic mass is 9.98. The predicted molar refractivity (Wildman–Crippen MR) is 101 cm³/mol. The van der Waals surface area contributed by atoms with E-state index < -0.39 is 11.9 Å². The Labute approximate surface area is 157 Å². The lowest BCUT2D eigenvalue weighted by Gasteiger charge is -2.20. The van der Waals surface area contributed by atoms with Gasteiger partial charge < -0.3 is 9.84 Å². The maximum Gasteiger partial charge on any atom is 0.252 e. The second kappa shape index (κ2) is 8.12. The third-order valence-corrected chi connectivity index (χ3v) is 4.60. The van der Waals surface area contributed by atoms with Gasteiger partial charge in [0.2, 0.25) is 11.7 Å². The molecule has 0 aliphatic heterocycles. The van der Waals surface area contributed by atoms with Gasteiger partial charge in [0.1, 0.15) is 11.9 Å². The van der Waals surface area contributed by atoms with E-state index in [1.165, 1.54) is 18.2 Å². The fourth-order valence-corrected chi connectivity index (χ4v) is 2.72. The number of hydrogen-bond acceptors (Lipinski definition) is 4. The molecule has 0 saturated heterocycles. The minimum absolute atomic E-state index is 0.0637. The van der Waals surface area contributed by atoms with Crippen molar-refractivity contribution < 1.29 is 13.7 Å². The predicted octanol–water partition coefficient (Wildman–Crippen LogP) is 4.70. The van der Waals surface area contributed by atoms with Gasteiger partial charge in [-0.05, 0) is 31.0 Å². The first-order valence-corrected chi connectivity index (χ1v) is 8.95. The van der Waals surface area contributed by atoms with Gasteiger partial charge in [0.05, 0.1) is 0 Å². The van der Waals surface area contributed by atoms with Crippen molar-refractivity contribution in [2.24, 2.45) is 5.92 Å². The van der Waals surface area contributed by atoms with E-state index in [0.717, 1.165) is 17.5 Å². The van der Waals surface area contributed by atoms with Crippen LogP contribution in [0.25, 0.3) is 11.4 Å². The van der Waals surface area contributed by atoms with E-state index in [4.69, 9.17) is 4.52 Å². The van der Waals surface area contributed by atoms with E-state index >= 15 is 0 Å². The topological polar surface area (TPSA) is 68.0 Å². The van der Waals surface area contributed by atoms with Crippen LogP contribution in [0.3, 0.4) is 0 Å². The molecule has 0 unspecified atom stereocenters. The van der Waals surface area contributed by atoms with Crippen LogP contribution in [-0.4, -0.2) is 16.0 Å². The second-order valence-corrected chi connectivity index (χ2v) is 6.67. The molecule has 3 aromatic rings. The largest absolute Gasteiger partial charge is 0.340 e. The van der Waals surface area contributed by atoms with Crippen molar-refractivity contribution >= 4 is 5.91 Å². The molecule has 0 aliphatic carbocycles. The minimum atomic E-state index is -0.461. The van der Waals surface area contributed by atoms with Gasteiger partial charge in [-0.15, -0.1) is 0 Å². The van der Waals surface area contributed by atoms with Crippen molar-refractivity contribution in [1.82, 2.24) is 15.5 Å². The van der Waals surface area contributed by atoms with Crippen LogP contribution < -0.4 is 5.32 Å². The van der Waals surface area contributed by atoms with E-state index in [0.29, 0.717) is 11.7 Å². The Morgan fingerprint density at radius 1 is 1.22 bits per heavy atom. The van der Waals surface area contributed by atoms with Gasteiger partial charge in [0.15, 0.2) is 0 Å². The summed E-state index contributed by atoms with van der Waals surface area (Å²) in [5, 5.41) is 6.95. The average molecular weight is 367 g/mol. The van der Waals surface area contributed by atoms with E-state index in [-0.39, 0.29) is 17.4 Å². The summed E-state index contributed by atoms with van der Waals surface area (Å²) in [5.74, 6) is 0.0360. The van der Waals surface area contributed by atoms with Crippen LogP contribution in [0.15, 0.2) is 53.1 Å². The lowest BCUT2D eigenvalue weighted by Crippen LogP contribution is -2.32. The molecule has 3 rings (SSSR count). The SMILES string of the molecule is CC[C@@H](C)[C@H](NC(=O)c1cccc(F)c1)c1nc(-c2ccc(C)cc2)no1. The summed E-state index contributed by atoms with van der Waals surface area (Å²) in [5.41, 5.74) is 2.24. The number of nitrogens with zero attached hydrogens (tertiary/aromatic N) is 2. The number of aromatic nitrogens is 2. The number of hydrogen-bond donors (Lipinski definition) is 1. The van der Waals surface area contributed by atoms with Gasteiger partial charge in [-0.2, -0.15) is 4.98 Å². The molecule has 1 aromatic heterocycles. The van der Waals surface area contributed by atoms with Crippen LogP contribution in [0, 0.1) is 18.7 Å². The number of carbonyl (C=O) groups excluding carboxylic acids is 1. The van der Waals surface area contributed by atoms with Gasteiger partial charge in [0.25, 0.3) is 5.91 Å². The van der Waals surface area contributed by atoms with Gasteiger partial charge >= 0.3 is 0 Å². The van der Waals surface area contributed by atoms with Crippen molar-refractivity contribution in [3.05, 3.63) is 71.4 Å². The summed E-state index contributed by atoms with van der Waals surface area (Å²) in [6.07, 6.45) is 0.802. The normalized spacial score (nSPS) is 13.2.